The first-order chi connectivity index (χ1) is 9.74. The Morgan fingerprint density at radius 3 is 2.90 bits per heavy atom. The maximum atomic E-state index is 11.9. The van der Waals surface area contributed by atoms with Crippen LogP contribution in [-0.2, 0) is 6.54 Å². The summed E-state index contributed by atoms with van der Waals surface area (Å²) in [6.45, 7) is 2.50. The lowest BCUT2D eigenvalue weighted by molar-refractivity contribution is 0.237. The highest BCUT2D eigenvalue weighted by atomic mass is 16.2. The number of carbonyl (C=O) groups excluding carboxylic acids is 1. The van der Waals surface area contributed by atoms with E-state index in [1.807, 2.05) is 6.92 Å². The molecule has 2 atom stereocenters. The third-order valence-electron chi connectivity index (χ3n) is 4.79. The number of aromatic nitrogens is 2. The Hall–Kier alpha value is -1.52. The molecular weight excluding hydrogens is 252 g/mol. The third kappa shape index (κ3) is 3.14. The van der Waals surface area contributed by atoms with Crippen LogP contribution in [-0.4, -0.2) is 22.3 Å². The minimum Gasteiger partial charge on any atom is -0.335 e. The van der Waals surface area contributed by atoms with Gasteiger partial charge in [-0.15, -0.1) is 0 Å². The van der Waals surface area contributed by atoms with E-state index in [9.17, 15) is 4.79 Å². The first-order valence-electron chi connectivity index (χ1n) is 7.77. The molecule has 20 heavy (non-hydrogen) atoms. The lowest BCUT2D eigenvalue weighted by Gasteiger charge is -2.21. The maximum Gasteiger partial charge on any atom is 0.315 e. The van der Waals surface area contributed by atoms with Crippen molar-refractivity contribution in [2.45, 2.75) is 58.0 Å². The highest BCUT2D eigenvalue weighted by Crippen LogP contribution is 2.44. The molecule has 1 aromatic heterocycles. The van der Waals surface area contributed by atoms with Crippen LogP contribution >= 0.6 is 0 Å². The Bertz CT molecular complexity index is 464. The summed E-state index contributed by atoms with van der Waals surface area (Å²) in [6, 6.07) is 0.359. The molecular formula is C15H24N4O. The average molecular weight is 276 g/mol. The van der Waals surface area contributed by atoms with Crippen LogP contribution in [0.5, 0.6) is 0 Å². The van der Waals surface area contributed by atoms with Gasteiger partial charge in [0.15, 0.2) is 0 Å². The van der Waals surface area contributed by atoms with Crippen molar-refractivity contribution in [3.05, 3.63) is 17.5 Å². The summed E-state index contributed by atoms with van der Waals surface area (Å²) in [5, 5.41) is 12.8. The molecule has 0 unspecified atom stereocenters. The van der Waals surface area contributed by atoms with Crippen molar-refractivity contribution in [2.24, 2.45) is 11.8 Å². The van der Waals surface area contributed by atoms with Crippen LogP contribution in [0.15, 0.2) is 6.20 Å². The van der Waals surface area contributed by atoms with Crippen molar-refractivity contribution in [2.75, 3.05) is 0 Å². The van der Waals surface area contributed by atoms with Crippen LogP contribution in [0.1, 0.15) is 49.8 Å². The Morgan fingerprint density at radius 1 is 1.40 bits per heavy atom. The quantitative estimate of drug-likeness (QED) is 0.790. The van der Waals surface area contributed by atoms with Gasteiger partial charge < -0.3 is 10.6 Å². The van der Waals surface area contributed by atoms with Crippen molar-refractivity contribution in [3.8, 4) is 0 Å². The van der Waals surface area contributed by atoms with Crippen molar-refractivity contribution >= 4 is 6.03 Å². The summed E-state index contributed by atoms with van der Waals surface area (Å²) in [7, 11) is 0. The van der Waals surface area contributed by atoms with Gasteiger partial charge in [-0.05, 0) is 25.2 Å². The van der Waals surface area contributed by atoms with Gasteiger partial charge in [0, 0.05) is 23.8 Å². The van der Waals surface area contributed by atoms with Gasteiger partial charge >= 0.3 is 6.03 Å². The van der Waals surface area contributed by atoms with Crippen molar-refractivity contribution < 1.29 is 4.79 Å². The molecule has 0 saturated heterocycles. The summed E-state index contributed by atoms with van der Waals surface area (Å²) in [6.07, 6.45) is 9.79. The third-order valence-corrected chi connectivity index (χ3v) is 4.79. The molecule has 0 aliphatic heterocycles. The smallest absolute Gasteiger partial charge is 0.315 e. The summed E-state index contributed by atoms with van der Waals surface area (Å²) in [5.41, 5.74) is 2.05. The van der Waals surface area contributed by atoms with Gasteiger partial charge in [0.1, 0.15) is 0 Å². The summed E-state index contributed by atoms with van der Waals surface area (Å²) in [4.78, 5) is 11.9. The Balaban J connectivity index is 1.38. The molecule has 0 aromatic carbocycles. The standard InChI is InChI=1S/C15H24N4O/c1-10-12(9-17-19-10)8-16-15(20)18-14-7-13(14)11-5-3-2-4-6-11/h9,11,13-14H,2-8H2,1H3,(H,17,19)(H2,16,18,20)/t13-,14+/m0/s1. The summed E-state index contributed by atoms with van der Waals surface area (Å²) < 4.78 is 0. The number of nitrogens with zero attached hydrogens (tertiary/aromatic N) is 1. The number of urea groups is 1. The lowest BCUT2D eigenvalue weighted by Crippen LogP contribution is -2.37. The second kappa shape index (κ2) is 5.85. The lowest BCUT2D eigenvalue weighted by atomic mass is 9.85. The molecule has 2 fully saturated rings. The number of hydrogen-bond donors (Lipinski definition) is 3. The zero-order valence-corrected chi connectivity index (χ0v) is 12.1. The van der Waals surface area contributed by atoms with E-state index in [0.29, 0.717) is 12.6 Å². The van der Waals surface area contributed by atoms with Crippen molar-refractivity contribution in [3.63, 3.8) is 0 Å². The summed E-state index contributed by atoms with van der Waals surface area (Å²) >= 11 is 0. The largest absolute Gasteiger partial charge is 0.335 e. The fraction of sp³-hybridized carbons (Fsp3) is 0.733. The van der Waals surface area contributed by atoms with Crippen LogP contribution in [0, 0.1) is 18.8 Å². The normalized spacial score (nSPS) is 26.2. The Morgan fingerprint density at radius 2 is 2.20 bits per heavy atom. The molecule has 0 bridgehead atoms. The molecule has 2 aliphatic rings. The molecule has 3 rings (SSSR count). The minimum atomic E-state index is -0.0473. The molecule has 5 nitrogen and oxygen atoms in total. The number of aryl methyl sites for hydroxylation is 1. The Kier molecular flexibility index (Phi) is 3.94. The zero-order valence-electron chi connectivity index (χ0n) is 12.1. The van der Waals surface area contributed by atoms with Crippen LogP contribution in [0.4, 0.5) is 4.79 Å². The zero-order chi connectivity index (χ0) is 13.9. The molecule has 3 N–H and O–H groups in total. The molecule has 1 aromatic rings. The Labute approximate surface area is 119 Å². The van der Waals surface area contributed by atoms with Crippen LogP contribution in [0.3, 0.4) is 0 Å². The van der Waals surface area contributed by atoms with Crippen LogP contribution in [0.2, 0.25) is 0 Å². The van der Waals surface area contributed by atoms with Crippen molar-refractivity contribution in [1.82, 2.24) is 20.8 Å². The van der Waals surface area contributed by atoms with Gasteiger partial charge in [0.2, 0.25) is 0 Å². The monoisotopic (exact) mass is 276 g/mol. The number of hydrogen-bond acceptors (Lipinski definition) is 2. The fourth-order valence-corrected chi connectivity index (χ4v) is 3.41. The van der Waals surface area contributed by atoms with E-state index in [1.54, 1.807) is 6.20 Å². The summed E-state index contributed by atoms with van der Waals surface area (Å²) in [5.74, 6) is 1.59. The van der Waals surface area contributed by atoms with E-state index in [2.05, 4.69) is 20.8 Å². The number of amides is 2. The molecule has 0 spiro atoms. The van der Waals surface area contributed by atoms with E-state index < -0.39 is 0 Å². The molecule has 110 valence electrons. The van der Waals surface area contributed by atoms with Gasteiger partial charge in [-0.3, -0.25) is 5.10 Å². The van der Waals surface area contributed by atoms with Crippen LogP contribution in [0.25, 0.3) is 0 Å². The number of aromatic amines is 1. The van der Waals surface area contributed by atoms with Gasteiger partial charge in [-0.25, -0.2) is 4.79 Å². The SMILES string of the molecule is Cc1[nH]ncc1CNC(=O)N[C@@H]1C[C@H]1C1CCCCC1. The first-order valence-corrected chi connectivity index (χ1v) is 7.77. The van der Waals surface area contributed by atoms with Crippen LogP contribution < -0.4 is 10.6 Å². The molecule has 0 radical (unpaired) electrons. The van der Waals surface area contributed by atoms with E-state index in [1.165, 1.54) is 38.5 Å². The predicted molar refractivity (Wildman–Crippen MR) is 77.2 cm³/mol. The molecule has 2 amide bonds. The number of carbonyl (C=O) groups is 1. The van der Waals surface area contributed by atoms with E-state index in [0.717, 1.165) is 23.1 Å². The highest BCUT2D eigenvalue weighted by molar-refractivity contribution is 5.74. The fourth-order valence-electron chi connectivity index (χ4n) is 3.41. The van der Waals surface area contributed by atoms with Crippen molar-refractivity contribution in [1.29, 1.82) is 0 Å². The van der Waals surface area contributed by atoms with Gasteiger partial charge in [0.25, 0.3) is 0 Å². The highest BCUT2D eigenvalue weighted by Gasteiger charge is 2.43. The number of nitrogens with one attached hydrogen (secondary N) is 3. The second-order valence-electron chi connectivity index (χ2n) is 6.25. The van der Waals surface area contributed by atoms with Gasteiger partial charge in [-0.1, -0.05) is 32.1 Å². The maximum absolute atomic E-state index is 11.9. The first kappa shape index (κ1) is 13.5. The number of rotatable bonds is 4. The topological polar surface area (TPSA) is 69.8 Å². The van der Waals surface area contributed by atoms with E-state index >= 15 is 0 Å². The average Bonchev–Trinajstić information content (AvgIpc) is 3.10. The predicted octanol–water partition coefficient (Wildman–Crippen LogP) is 2.49. The van der Waals surface area contributed by atoms with Gasteiger partial charge in [0.05, 0.1) is 6.20 Å². The van der Waals surface area contributed by atoms with Gasteiger partial charge in [-0.2, -0.15) is 5.10 Å². The molecule has 2 saturated carbocycles. The van der Waals surface area contributed by atoms with E-state index in [4.69, 9.17) is 0 Å². The number of H-pyrrole nitrogens is 1. The molecule has 5 heteroatoms. The second-order valence-corrected chi connectivity index (χ2v) is 6.25. The van der Waals surface area contributed by atoms with E-state index in [-0.39, 0.29) is 6.03 Å². The molecule has 1 heterocycles. The minimum absolute atomic E-state index is 0.0473. The molecule has 2 aliphatic carbocycles.